The van der Waals surface area contributed by atoms with Crippen molar-refractivity contribution >= 4 is 23.2 Å². The molecule has 2 aliphatic heterocycles. The van der Waals surface area contributed by atoms with E-state index < -0.39 is 4.92 Å². The number of nitrogens with zero attached hydrogens (tertiary/aromatic N) is 3. The molecule has 4 aliphatic rings. The van der Waals surface area contributed by atoms with Crippen LogP contribution in [-0.4, -0.2) is 40.5 Å². The van der Waals surface area contributed by atoms with E-state index in [1.807, 2.05) is 0 Å². The second-order valence-corrected chi connectivity index (χ2v) is 7.23. The van der Waals surface area contributed by atoms with Crippen LogP contribution in [0, 0.1) is 39.7 Å². The fraction of sp³-hybridized carbons (Fsp3) is 0.471. The lowest BCUT2D eigenvalue weighted by molar-refractivity contribution is -0.384. The van der Waals surface area contributed by atoms with Gasteiger partial charge in [-0.05, 0) is 24.5 Å². The first-order chi connectivity index (χ1) is 12.0. The highest BCUT2D eigenvalue weighted by Gasteiger charge is 2.69. The Morgan fingerprint density at radius 2 is 1.76 bits per heavy atom. The Balaban J connectivity index is 1.49. The van der Waals surface area contributed by atoms with E-state index in [0.29, 0.717) is 0 Å². The van der Waals surface area contributed by atoms with Crippen LogP contribution in [0.4, 0.5) is 5.69 Å². The number of amides is 2. The maximum absolute atomic E-state index is 12.5. The van der Waals surface area contributed by atoms with Gasteiger partial charge in [0.25, 0.3) is 5.69 Å². The first-order valence-electron chi connectivity index (χ1n) is 8.29. The largest absolute Gasteiger partial charge is 0.391 e. The zero-order chi connectivity index (χ0) is 17.5. The van der Waals surface area contributed by atoms with Crippen molar-refractivity contribution in [2.24, 2.45) is 34.7 Å². The molecule has 5 rings (SSSR count). The second kappa shape index (κ2) is 4.65. The van der Waals surface area contributed by atoms with Gasteiger partial charge in [0.1, 0.15) is 6.10 Å². The van der Waals surface area contributed by atoms with E-state index in [1.54, 1.807) is 19.2 Å². The topological polar surface area (TPSA) is 102 Å². The lowest BCUT2D eigenvalue weighted by Gasteiger charge is -2.29. The van der Waals surface area contributed by atoms with Crippen LogP contribution < -0.4 is 0 Å². The molecule has 0 unspecified atom stereocenters. The van der Waals surface area contributed by atoms with E-state index in [4.69, 9.17) is 4.84 Å². The Labute approximate surface area is 142 Å². The van der Waals surface area contributed by atoms with Gasteiger partial charge in [-0.25, -0.2) is 0 Å². The molecular formula is C17H15N3O5. The van der Waals surface area contributed by atoms with Gasteiger partial charge in [-0.15, -0.1) is 0 Å². The number of carbonyl (C=O) groups excluding carboxylic acids is 2. The Morgan fingerprint density at radius 3 is 2.40 bits per heavy atom. The van der Waals surface area contributed by atoms with Gasteiger partial charge >= 0.3 is 0 Å². The molecule has 1 aromatic carbocycles. The van der Waals surface area contributed by atoms with Crippen LogP contribution in [0.2, 0.25) is 0 Å². The number of fused-ring (bicyclic) bond motifs is 8. The summed E-state index contributed by atoms with van der Waals surface area (Å²) in [6.45, 7) is 0. The van der Waals surface area contributed by atoms with Gasteiger partial charge in [-0.3, -0.25) is 24.6 Å². The van der Waals surface area contributed by atoms with E-state index >= 15 is 0 Å². The summed E-state index contributed by atoms with van der Waals surface area (Å²) in [6, 6.07) is 6.22. The molecule has 2 amide bonds. The Kier molecular flexibility index (Phi) is 2.71. The summed E-state index contributed by atoms with van der Waals surface area (Å²) in [5.74, 6) is -0.748. The molecule has 1 saturated heterocycles. The maximum Gasteiger partial charge on any atom is 0.269 e. The molecule has 2 heterocycles. The van der Waals surface area contributed by atoms with Gasteiger partial charge < -0.3 is 4.84 Å². The molecule has 2 saturated carbocycles. The highest BCUT2D eigenvalue weighted by molar-refractivity contribution is 6.08. The summed E-state index contributed by atoms with van der Waals surface area (Å²) in [7, 11) is 1.55. The first-order valence-corrected chi connectivity index (χ1v) is 8.29. The molecule has 0 radical (unpaired) electrons. The number of likely N-dealkylation sites (tertiary alicyclic amines) is 1. The summed E-state index contributed by atoms with van der Waals surface area (Å²) < 4.78 is 0. The Hall–Kier alpha value is -2.77. The van der Waals surface area contributed by atoms with Crippen LogP contribution in [0.25, 0.3) is 0 Å². The molecule has 8 nitrogen and oxygen atoms in total. The van der Waals surface area contributed by atoms with Crippen molar-refractivity contribution in [2.45, 2.75) is 12.5 Å². The third-order valence-corrected chi connectivity index (χ3v) is 6.28. The van der Waals surface area contributed by atoms with Gasteiger partial charge in [-0.1, -0.05) is 5.16 Å². The van der Waals surface area contributed by atoms with Crippen molar-refractivity contribution in [1.82, 2.24) is 4.90 Å². The van der Waals surface area contributed by atoms with Crippen molar-refractivity contribution in [3.8, 4) is 0 Å². The molecule has 2 bridgehead atoms. The maximum atomic E-state index is 12.5. The molecule has 1 aromatic rings. The highest BCUT2D eigenvalue weighted by Crippen LogP contribution is 2.61. The van der Waals surface area contributed by atoms with Gasteiger partial charge in [0.05, 0.1) is 22.5 Å². The summed E-state index contributed by atoms with van der Waals surface area (Å²) >= 11 is 0. The molecule has 8 heteroatoms. The monoisotopic (exact) mass is 341 g/mol. The van der Waals surface area contributed by atoms with E-state index in [0.717, 1.165) is 17.7 Å². The van der Waals surface area contributed by atoms with Gasteiger partial charge in [-0.2, -0.15) is 0 Å². The van der Waals surface area contributed by atoms with Crippen LogP contribution >= 0.6 is 0 Å². The standard InChI is InChI=1S/C17H15N3O5/c1-19-16(21)11-9-6-10(12(11)17(19)22)15-13(9)14(18-25-15)7-2-4-8(5-3-7)20(23)24/h2-5,9-13,15H,6H2,1H3/t9-,10+,11-,12+,13-,15-/m1/s1. The van der Waals surface area contributed by atoms with E-state index in [2.05, 4.69) is 5.16 Å². The van der Waals surface area contributed by atoms with Gasteiger partial charge in [0, 0.05) is 36.6 Å². The zero-order valence-corrected chi connectivity index (χ0v) is 13.4. The summed E-state index contributed by atoms with van der Waals surface area (Å²) in [5, 5.41) is 15.0. The van der Waals surface area contributed by atoms with Crippen LogP contribution in [0.5, 0.6) is 0 Å². The number of hydrogen-bond acceptors (Lipinski definition) is 6. The van der Waals surface area contributed by atoms with Crippen molar-refractivity contribution in [2.75, 3.05) is 7.05 Å². The fourth-order valence-electron chi connectivity index (χ4n) is 5.27. The number of carbonyl (C=O) groups is 2. The number of oxime groups is 1. The number of hydrogen-bond donors (Lipinski definition) is 0. The van der Waals surface area contributed by atoms with E-state index in [-0.39, 0.29) is 53.2 Å². The van der Waals surface area contributed by atoms with Crippen molar-refractivity contribution in [1.29, 1.82) is 0 Å². The predicted octanol–water partition coefficient (Wildman–Crippen LogP) is 1.19. The number of nitro groups is 1. The number of rotatable bonds is 2. The molecule has 128 valence electrons. The third kappa shape index (κ3) is 1.69. The number of nitro benzene ring substituents is 1. The molecule has 2 aliphatic carbocycles. The lowest BCUT2D eigenvalue weighted by atomic mass is 9.71. The number of benzene rings is 1. The Bertz CT molecular complexity index is 848. The minimum Gasteiger partial charge on any atom is -0.391 e. The van der Waals surface area contributed by atoms with Crippen molar-refractivity contribution in [3.63, 3.8) is 0 Å². The van der Waals surface area contributed by atoms with E-state index in [9.17, 15) is 19.7 Å². The molecule has 3 fully saturated rings. The molecule has 25 heavy (non-hydrogen) atoms. The van der Waals surface area contributed by atoms with Crippen LogP contribution in [-0.2, 0) is 14.4 Å². The fourth-order valence-corrected chi connectivity index (χ4v) is 5.27. The molecule has 0 N–H and O–H groups in total. The third-order valence-electron chi connectivity index (χ3n) is 6.28. The quantitative estimate of drug-likeness (QED) is 0.457. The number of non-ortho nitro benzene ring substituents is 1. The average molecular weight is 341 g/mol. The summed E-state index contributed by atoms with van der Waals surface area (Å²) in [4.78, 5) is 42.1. The summed E-state index contributed by atoms with van der Waals surface area (Å²) in [6.07, 6.45) is 0.613. The predicted molar refractivity (Wildman–Crippen MR) is 84.4 cm³/mol. The van der Waals surface area contributed by atoms with Crippen LogP contribution in [0.15, 0.2) is 29.4 Å². The molecule has 0 spiro atoms. The zero-order valence-electron chi connectivity index (χ0n) is 13.4. The normalized spacial score (nSPS) is 37.8. The summed E-state index contributed by atoms with van der Waals surface area (Å²) in [5.41, 5.74) is 1.53. The van der Waals surface area contributed by atoms with E-state index in [1.165, 1.54) is 17.0 Å². The van der Waals surface area contributed by atoms with Crippen molar-refractivity contribution < 1.29 is 19.3 Å². The SMILES string of the molecule is CN1C(=O)[C@@H]2[C@H]3C[C@H]([C@H]4ON=C(c5ccc([N+](=O)[O-])cc5)[C@@H]34)[C@@H]2C1=O. The second-order valence-electron chi connectivity index (χ2n) is 7.23. The van der Waals surface area contributed by atoms with Gasteiger partial charge in [0.15, 0.2) is 0 Å². The molecule has 0 aromatic heterocycles. The first kappa shape index (κ1) is 14.6. The number of imide groups is 1. The minimum absolute atomic E-state index is 0.0145. The van der Waals surface area contributed by atoms with Gasteiger partial charge in [0.2, 0.25) is 11.8 Å². The Morgan fingerprint density at radius 1 is 1.12 bits per heavy atom. The highest BCUT2D eigenvalue weighted by atomic mass is 16.6. The lowest BCUT2D eigenvalue weighted by Crippen LogP contribution is -2.41. The van der Waals surface area contributed by atoms with Crippen LogP contribution in [0.3, 0.4) is 0 Å². The molecule has 6 atom stereocenters. The molecular weight excluding hydrogens is 326 g/mol. The smallest absolute Gasteiger partial charge is 0.269 e. The van der Waals surface area contributed by atoms with Crippen molar-refractivity contribution in [3.05, 3.63) is 39.9 Å². The van der Waals surface area contributed by atoms with Crippen LogP contribution in [0.1, 0.15) is 12.0 Å². The average Bonchev–Trinajstić information content (AvgIpc) is 3.33. The minimum atomic E-state index is -0.444.